The van der Waals surface area contributed by atoms with Crippen LogP contribution in [-0.2, 0) is 9.59 Å². The van der Waals surface area contributed by atoms with Crippen LogP contribution in [0, 0.1) is 0 Å². The second-order valence-corrected chi connectivity index (χ2v) is 2.30. The topological polar surface area (TPSA) is 121 Å². The van der Waals surface area contributed by atoms with E-state index in [1.54, 1.807) is 0 Å². The Balaban J connectivity index is 3.76. The fraction of sp³-hybridized carbons (Fsp3) is 0.667. The third-order valence-electron chi connectivity index (χ3n) is 1.17. The fourth-order valence-corrected chi connectivity index (χ4v) is 0.630. The summed E-state index contributed by atoms with van der Waals surface area (Å²) in [6.45, 7) is 0. The maximum absolute atomic E-state index is 9.89. The van der Waals surface area contributed by atoms with Gasteiger partial charge in [-0.2, -0.15) is 0 Å². The summed E-state index contributed by atoms with van der Waals surface area (Å²) in [6, 6.07) is 0. The molecule has 0 amide bonds. The number of carbonyl (C=O) groups excluding carboxylic acids is 2. The van der Waals surface area contributed by atoms with E-state index in [4.69, 9.17) is 10.2 Å². The van der Waals surface area contributed by atoms with Crippen molar-refractivity contribution >= 4 is 11.9 Å². The van der Waals surface area contributed by atoms with Crippen LogP contribution in [0.3, 0.4) is 0 Å². The summed E-state index contributed by atoms with van der Waals surface area (Å²) in [4.78, 5) is 19.7. The zero-order chi connectivity index (χ0) is 9.72. The van der Waals surface area contributed by atoms with Crippen LogP contribution in [0.1, 0.15) is 12.8 Å². The third kappa shape index (κ3) is 4.64. The van der Waals surface area contributed by atoms with Gasteiger partial charge in [-0.25, -0.2) is 0 Å². The Labute approximate surface area is 68.1 Å². The number of aliphatic carboxylic acids is 2. The lowest BCUT2D eigenvalue weighted by Crippen LogP contribution is -2.39. The molecular formula is C6H8O6-2. The van der Waals surface area contributed by atoms with Crippen molar-refractivity contribution < 1.29 is 30.0 Å². The van der Waals surface area contributed by atoms with Gasteiger partial charge in [-0.1, -0.05) is 0 Å². The largest absolute Gasteiger partial charge is 0.550 e. The summed E-state index contributed by atoms with van der Waals surface area (Å²) in [5.41, 5.74) is 0. The Kier molecular flexibility index (Phi) is 4.24. The molecule has 0 bridgehead atoms. The van der Waals surface area contributed by atoms with E-state index in [0.717, 1.165) is 0 Å². The van der Waals surface area contributed by atoms with Crippen molar-refractivity contribution in [1.29, 1.82) is 0 Å². The van der Waals surface area contributed by atoms with E-state index in [-0.39, 0.29) is 0 Å². The first-order chi connectivity index (χ1) is 5.43. The molecule has 0 rings (SSSR count). The highest BCUT2D eigenvalue weighted by Crippen LogP contribution is 2.00. The highest BCUT2D eigenvalue weighted by atomic mass is 16.4. The van der Waals surface area contributed by atoms with Crippen LogP contribution in [0.5, 0.6) is 0 Å². The van der Waals surface area contributed by atoms with Crippen LogP contribution in [0.25, 0.3) is 0 Å². The monoisotopic (exact) mass is 176 g/mol. The Morgan fingerprint density at radius 2 is 1.75 bits per heavy atom. The van der Waals surface area contributed by atoms with Crippen LogP contribution in [0.2, 0.25) is 0 Å². The van der Waals surface area contributed by atoms with Crippen LogP contribution < -0.4 is 10.2 Å². The summed E-state index contributed by atoms with van der Waals surface area (Å²) in [5, 5.41) is 37.1. The van der Waals surface area contributed by atoms with Gasteiger partial charge >= 0.3 is 0 Å². The fourth-order valence-electron chi connectivity index (χ4n) is 0.630. The molecule has 0 fully saturated rings. The lowest BCUT2D eigenvalue weighted by Gasteiger charge is -2.16. The van der Waals surface area contributed by atoms with Gasteiger partial charge in [-0.3, -0.25) is 0 Å². The van der Waals surface area contributed by atoms with Gasteiger partial charge < -0.3 is 30.0 Å². The number of aliphatic hydroxyl groups is 2. The van der Waals surface area contributed by atoms with E-state index in [9.17, 15) is 19.8 Å². The molecule has 12 heavy (non-hydrogen) atoms. The van der Waals surface area contributed by atoms with Gasteiger partial charge in [0, 0.05) is 18.8 Å². The van der Waals surface area contributed by atoms with Crippen molar-refractivity contribution in [2.24, 2.45) is 0 Å². The van der Waals surface area contributed by atoms with Gasteiger partial charge in [0.05, 0.1) is 18.2 Å². The number of aliphatic hydroxyl groups excluding tert-OH is 2. The third-order valence-corrected chi connectivity index (χ3v) is 1.17. The van der Waals surface area contributed by atoms with Crippen LogP contribution >= 0.6 is 0 Å². The first-order valence-electron chi connectivity index (χ1n) is 3.20. The zero-order valence-electron chi connectivity index (χ0n) is 6.10. The Morgan fingerprint density at radius 1 is 1.25 bits per heavy atom. The van der Waals surface area contributed by atoms with Crippen molar-refractivity contribution in [2.75, 3.05) is 0 Å². The molecule has 0 saturated heterocycles. The van der Waals surface area contributed by atoms with E-state index in [2.05, 4.69) is 0 Å². The van der Waals surface area contributed by atoms with E-state index < -0.39 is 37.0 Å². The molecule has 0 aliphatic rings. The second-order valence-electron chi connectivity index (χ2n) is 2.30. The minimum absolute atomic E-state index is 0.573. The maximum Gasteiger partial charge on any atom is 0.0958 e. The van der Waals surface area contributed by atoms with Crippen molar-refractivity contribution in [3.63, 3.8) is 0 Å². The van der Waals surface area contributed by atoms with Crippen molar-refractivity contribution in [2.45, 2.75) is 25.0 Å². The molecule has 6 heteroatoms. The van der Waals surface area contributed by atoms with Crippen LogP contribution in [0.4, 0.5) is 0 Å². The standard InChI is InChI=1S/C6H10O6/c7-3(2-5(9)10)1-4(8)6(11)12/h3-4,7-8H,1-2H2,(H,9,10)(H,11,12)/p-2. The Morgan fingerprint density at radius 3 is 2.08 bits per heavy atom. The number of carboxylic acid groups (broad SMARTS) is 2. The SMILES string of the molecule is O=C([O-])CC(O)CC(O)C(=O)[O-]. The molecule has 2 N–H and O–H groups in total. The lowest BCUT2D eigenvalue weighted by atomic mass is 10.1. The minimum atomic E-state index is -1.85. The van der Waals surface area contributed by atoms with Gasteiger partial charge in [0.1, 0.15) is 0 Å². The number of carboxylic acids is 2. The molecule has 70 valence electrons. The van der Waals surface area contributed by atoms with Gasteiger partial charge in [-0.05, 0) is 0 Å². The highest BCUT2D eigenvalue weighted by Gasteiger charge is 2.12. The molecule has 2 unspecified atom stereocenters. The van der Waals surface area contributed by atoms with Gasteiger partial charge in [-0.15, -0.1) is 0 Å². The molecule has 0 aliphatic carbocycles. The number of carbonyl (C=O) groups is 2. The molecule has 2 atom stereocenters. The van der Waals surface area contributed by atoms with Gasteiger partial charge in [0.25, 0.3) is 0 Å². The molecule has 0 aliphatic heterocycles. The molecule has 0 aromatic heterocycles. The predicted octanol–water partition coefficient (Wildman–Crippen LogP) is -4.01. The molecule has 6 nitrogen and oxygen atoms in total. The number of rotatable bonds is 5. The minimum Gasteiger partial charge on any atom is -0.550 e. The molecule has 0 heterocycles. The first-order valence-corrected chi connectivity index (χ1v) is 3.20. The van der Waals surface area contributed by atoms with Crippen molar-refractivity contribution in [3.05, 3.63) is 0 Å². The predicted molar refractivity (Wildman–Crippen MR) is 31.3 cm³/mol. The molecule has 0 aromatic rings. The lowest BCUT2D eigenvalue weighted by molar-refractivity contribution is -0.317. The molecule has 0 aromatic carbocycles. The normalized spacial score (nSPS) is 15.2. The average Bonchev–Trinajstić information content (AvgIpc) is 1.84. The molecular weight excluding hydrogens is 168 g/mol. The summed E-state index contributed by atoms with van der Waals surface area (Å²) >= 11 is 0. The maximum atomic E-state index is 9.89. The quantitative estimate of drug-likeness (QED) is 0.440. The van der Waals surface area contributed by atoms with Crippen LogP contribution in [-0.4, -0.2) is 34.4 Å². The average molecular weight is 176 g/mol. The summed E-state index contributed by atoms with van der Waals surface area (Å²) in [6.07, 6.45) is -4.55. The highest BCUT2D eigenvalue weighted by molar-refractivity contribution is 5.70. The number of hydrogen-bond acceptors (Lipinski definition) is 6. The Bertz CT molecular complexity index is 177. The van der Waals surface area contributed by atoms with Gasteiger partial charge in [0.15, 0.2) is 0 Å². The van der Waals surface area contributed by atoms with Crippen LogP contribution in [0.15, 0.2) is 0 Å². The summed E-state index contributed by atoms with van der Waals surface area (Å²) in [7, 11) is 0. The smallest absolute Gasteiger partial charge is 0.0958 e. The van der Waals surface area contributed by atoms with E-state index in [1.807, 2.05) is 0 Å². The zero-order valence-corrected chi connectivity index (χ0v) is 6.10. The Hall–Kier alpha value is -1.14. The van der Waals surface area contributed by atoms with Gasteiger partial charge in [0.2, 0.25) is 0 Å². The molecule has 0 saturated carbocycles. The second kappa shape index (κ2) is 4.68. The van der Waals surface area contributed by atoms with E-state index >= 15 is 0 Å². The summed E-state index contributed by atoms with van der Waals surface area (Å²) < 4.78 is 0. The summed E-state index contributed by atoms with van der Waals surface area (Å²) in [5.74, 6) is -3.25. The van der Waals surface area contributed by atoms with E-state index in [0.29, 0.717) is 0 Å². The van der Waals surface area contributed by atoms with E-state index in [1.165, 1.54) is 0 Å². The first kappa shape index (κ1) is 10.9. The van der Waals surface area contributed by atoms with Crippen molar-refractivity contribution in [3.8, 4) is 0 Å². The molecule has 0 spiro atoms. The number of hydrogen-bond donors (Lipinski definition) is 2. The molecule has 0 radical (unpaired) electrons. The van der Waals surface area contributed by atoms with Crippen molar-refractivity contribution in [1.82, 2.24) is 0 Å².